The first kappa shape index (κ1) is 14.0. The molecule has 0 aliphatic carbocycles. The van der Waals surface area contributed by atoms with Crippen molar-refractivity contribution in [1.82, 2.24) is 9.55 Å². The van der Waals surface area contributed by atoms with Gasteiger partial charge in [-0.3, -0.25) is 9.36 Å². The zero-order chi connectivity index (χ0) is 15.7. The molecule has 0 amide bonds. The molecule has 0 spiro atoms. The number of benzene rings is 2. The van der Waals surface area contributed by atoms with E-state index in [9.17, 15) is 9.59 Å². The summed E-state index contributed by atoms with van der Waals surface area (Å²) in [5.41, 5.74) is 1.67. The average molecular weight is 294 g/mol. The van der Waals surface area contributed by atoms with Crippen LogP contribution in [0.2, 0.25) is 0 Å². The number of hydrogen-bond donors (Lipinski definition) is 1. The number of aryl methyl sites for hydroxylation is 1. The summed E-state index contributed by atoms with van der Waals surface area (Å²) >= 11 is 0. The molecule has 0 aliphatic heterocycles. The van der Waals surface area contributed by atoms with Crippen molar-refractivity contribution in [3.8, 4) is 0 Å². The number of nitrogens with zero attached hydrogens (tertiary/aromatic N) is 2. The van der Waals surface area contributed by atoms with Gasteiger partial charge < -0.3 is 5.11 Å². The summed E-state index contributed by atoms with van der Waals surface area (Å²) in [7, 11) is 0. The minimum absolute atomic E-state index is 0.0922. The highest BCUT2D eigenvalue weighted by Gasteiger charge is 2.09. The fourth-order valence-electron chi connectivity index (χ4n) is 2.40. The van der Waals surface area contributed by atoms with Crippen molar-refractivity contribution in [2.45, 2.75) is 13.5 Å². The van der Waals surface area contributed by atoms with Gasteiger partial charge in [-0.2, -0.15) is 0 Å². The smallest absolute Gasteiger partial charge is 0.335 e. The van der Waals surface area contributed by atoms with Crippen molar-refractivity contribution < 1.29 is 9.90 Å². The molecule has 0 unspecified atom stereocenters. The third kappa shape index (κ3) is 2.48. The number of carboxylic acids is 1. The maximum absolute atomic E-state index is 12.6. The Morgan fingerprint density at radius 1 is 1.14 bits per heavy atom. The van der Waals surface area contributed by atoms with Gasteiger partial charge in [-0.15, -0.1) is 0 Å². The lowest BCUT2D eigenvalue weighted by Gasteiger charge is -2.11. The Hall–Kier alpha value is -2.95. The van der Waals surface area contributed by atoms with E-state index >= 15 is 0 Å². The molecule has 110 valence electrons. The van der Waals surface area contributed by atoms with Crippen LogP contribution in [0.3, 0.4) is 0 Å². The normalized spacial score (nSPS) is 10.8. The molecule has 0 saturated heterocycles. The number of carbonyl (C=O) groups is 1. The Bertz CT molecular complexity index is 911. The molecule has 0 atom stereocenters. The molecule has 5 heteroatoms. The van der Waals surface area contributed by atoms with E-state index in [0.717, 1.165) is 5.56 Å². The van der Waals surface area contributed by atoms with Gasteiger partial charge in [0, 0.05) is 0 Å². The van der Waals surface area contributed by atoms with Crippen LogP contribution < -0.4 is 5.56 Å². The first-order valence-electron chi connectivity index (χ1n) is 6.84. The van der Waals surface area contributed by atoms with E-state index in [0.29, 0.717) is 23.3 Å². The third-order valence-corrected chi connectivity index (χ3v) is 3.59. The number of carboxylic acid groups (broad SMARTS) is 1. The summed E-state index contributed by atoms with van der Waals surface area (Å²) in [5.74, 6) is -0.335. The molecule has 0 bridgehead atoms. The van der Waals surface area contributed by atoms with E-state index in [1.54, 1.807) is 29.7 Å². The first-order valence-corrected chi connectivity index (χ1v) is 6.84. The van der Waals surface area contributed by atoms with Gasteiger partial charge in [-0.1, -0.05) is 24.3 Å². The minimum atomic E-state index is -0.965. The quantitative estimate of drug-likeness (QED) is 0.805. The van der Waals surface area contributed by atoms with Gasteiger partial charge in [0.05, 0.1) is 23.0 Å². The molecule has 0 fully saturated rings. The Labute approximate surface area is 126 Å². The van der Waals surface area contributed by atoms with E-state index in [1.807, 2.05) is 18.2 Å². The summed E-state index contributed by atoms with van der Waals surface area (Å²) in [6, 6.07) is 13.7. The Kier molecular flexibility index (Phi) is 3.47. The molecule has 1 N–H and O–H groups in total. The summed E-state index contributed by atoms with van der Waals surface area (Å²) in [6.45, 7) is 2.15. The lowest BCUT2D eigenvalue weighted by atomic mass is 10.1. The lowest BCUT2D eigenvalue weighted by Crippen LogP contribution is -2.24. The highest BCUT2D eigenvalue weighted by atomic mass is 16.4. The Balaban J connectivity index is 2.03. The number of aromatic carboxylic acids is 1. The second-order valence-corrected chi connectivity index (χ2v) is 5.07. The maximum atomic E-state index is 12.6. The molecule has 0 aliphatic rings. The first-order chi connectivity index (χ1) is 10.6. The number of para-hydroxylation sites is 1. The van der Waals surface area contributed by atoms with Crippen LogP contribution >= 0.6 is 0 Å². The van der Waals surface area contributed by atoms with Gasteiger partial charge in [0.1, 0.15) is 5.82 Å². The van der Waals surface area contributed by atoms with Crippen LogP contribution in [-0.4, -0.2) is 20.6 Å². The topological polar surface area (TPSA) is 72.2 Å². The molecular formula is C17H14N2O3. The number of rotatable bonds is 3. The zero-order valence-electron chi connectivity index (χ0n) is 12.0. The van der Waals surface area contributed by atoms with Crippen LogP contribution in [0.15, 0.2) is 53.3 Å². The zero-order valence-corrected chi connectivity index (χ0v) is 12.0. The predicted molar refractivity (Wildman–Crippen MR) is 83.2 cm³/mol. The molecule has 3 aromatic rings. The van der Waals surface area contributed by atoms with Crippen molar-refractivity contribution in [3.63, 3.8) is 0 Å². The highest BCUT2D eigenvalue weighted by Crippen LogP contribution is 2.10. The van der Waals surface area contributed by atoms with Crippen molar-refractivity contribution in [1.29, 1.82) is 0 Å². The Morgan fingerprint density at radius 3 is 2.50 bits per heavy atom. The van der Waals surface area contributed by atoms with E-state index in [4.69, 9.17) is 5.11 Å². The molecule has 0 saturated carbocycles. The van der Waals surface area contributed by atoms with Crippen molar-refractivity contribution in [2.24, 2.45) is 0 Å². The third-order valence-electron chi connectivity index (χ3n) is 3.59. The van der Waals surface area contributed by atoms with Crippen LogP contribution in [0, 0.1) is 6.92 Å². The maximum Gasteiger partial charge on any atom is 0.335 e. The summed E-state index contributed by atoms with van der Waals surface area (Å²) in [6.07, 6.45) is 0. The van der Waals surface area contributed by atoms with Gasteiger partial charge in [0.25, 0.3) is 5.56 Å². The van der Waals surface area contributed by atoms with Crippen LogP contribution in [0.25, 0.3) is 10.9 Å². The second-order valence-electron chi connectivity index (χ2n) is 5.07. The summed E-state index contributed by atoms with van der Waals surface area (Å²) in [5, 5.41) is 9.49. The SMILES string of the molecule is Cc1nc2ccccc2c(=O)n1Cc1ccc(C(=O)O)cc1. The van der Waals surface area contributed by atoms with Crippen LogP contribution in [0.1, 0.15) is 21.7 Å². The van der Waals surface area contributed by atoms with Crippen molar-refractivity contribution >= 4 is 16.9 Å². The molecule has 3 rings (SSSR count). The lowest BCUT2D eigenvalue weighted by molar-refractivity contribution is 0.0697. The van der Waals surface area contributed by atoms with E-state index in [-0.39, 0.29) is 11.1 Å². The molecular weight excluding hydrogens is 280 g/mol. The molecule has 1 heterocycles. The summed E-state index contributed by atoms with van der Waals surface area (Å²) < 4.78 is 1.60. The van der Waals surface area contributed by atoms with Crippen LogP contribution in [-0.2, 0) is 6.54 Å². The van der Waals surface area contributed by atoms with Gasteiger partial charge >= 0.3 is 5.97 Å². The van der Waals surface area contributed by atoms with E-state index < -0.39 is 5.97 Å². The average Bonchev–Trinajstić information content (AvgIpc) is 2.52. The van der Waals surface area contributed by atoms with Crippen LogP contribution in [0.5, 0.6) is 0 Å². The molecule has 5 nitrogen and oxygen atoms in total. The van der Waals surface area contributed by atoms with Gasteiger partial charge in [-0.25, -0.2) is 9.78 Å². The largest absolute Gasteiger partial charge is 0.478 e. The standard InChI is InChI=1S/C17H14N2O3/c1-11-18-15-5-3-2-4-14(15)16(20)19(11)10-12-6-8-13(9-7-12)17(21)22/h2-9H,10H2,1H3,(H,21,22). The molecule has 2 aromatic carbocycles. The van der Waals surface area contributed by atoms with Crippen molar-refractivity contribution in [3.05, 3.63) is 75.8 Å². The van der Waals surface area contributed by atoms with E-state index in [2.05, 4.69) is 4.98 Å². The monoisotopic (exact) mass is 294 g/mol. The van der Waals surface area contributed by atoms with Gasteiger partial charge in [-0.05, 0) is 36.8 Å². The predicted octanol–water partition coefficient (Wildman–Crippen LogP) is 2.45. The number of hydrogen-bond acceptors (Lipinski definition) is 3. The minimum Gasteiger partial charge on any atom is -0.478 e. The Morgan fingerprint density at radius 2 is 1.82 bits per heavy atom. The van der Waals surface area contributed by atoms with Gasteiger partial charge in [0.15, 0.2) is 0 Å². The van der Waals surface area contributed by atoms with Gasteiger partial charge in [0.2, 0.25) is 0 Å². The summed E-state index contributed by atoms with van der Waals surface area (Å²) in [4.78, 5) is 27.9. The fraction of sp³-hybridized carbons (Fsp3) is 0.118. The highest BCUT2D eigenvalue weighted by molar-refractivity contribution is 5.87. The number of fused-ring (bicyclic) bond motifs is 1. The number of aromatic nitrogens is 2. The second kappa shape index (κ2) is 5.44. The van der Waals surface area contributed by atoms with Crippen molar-refractivity contribution in [2.75, 3.05) is 0 Å². The fourth-order valence-corrected chi connectivity index (χ4v) is 2.40. The van der Waals surface area contributed by atoms with Crippen LogP contribution in [0.4, 0.5) is 0 Å². The molecule has 0 radical (unpaired) electrons. The molecule has 22 heavy (non-hydrogen) atoms. The molecule has 1 aromatic heterocycles. The van der Waals surface area contributed by atoms with E-state index in [1.165, 1.54) is 12.1 Å².